The number of carbonyl (C=O) groups excluding carboxylic acids is 2. The largest absolute Gasteiger partial charge is 0.368 e. The summed E-state index contributed by atoms with van der Waals surface area (Å²) in [5.74, 6) is -0.765. The van der Waals surface area contributed by atoms with E-state index in [-0.39, 0.29) is 5.91 Å². The number of fused-ring (bicyclic) bond motifs is 1. The number of primary amides is 1. The molecule has 0 radical (unpaired) electrons. The Morgan fingerprint density at radius 3 is 3.05 bits per heavy atom. The fraction of sp³-hybridized carbons (Fsp3) is 0.333. The van der Waals surface area contributed by atoms with Crippen LogP contribution in [0.2, 0.25) is 0 Å². The lowest BCUT2D eigenvalue weighted by Crippen LogP contribution is -2.58. The van der Waals surface area contributed by atoms with Crippen molar-refractivity contribution < 1.29 is 9.59 Å². The molecule has 1 fully saturated rings. The van der Waals surface area contributed by atoms with Gasteiger partial charge in [0.2, 0.25) is 5.91 Å². The van der Waals surface area contributed by atoms with E-state index in [9.17, 15) is 9.59 Å². The van der Waals surface area contributed by atoms with E-state index in [4.69, 9.17) is 5.73 Å². The SMILES string of the molecule is NC(=O)C1CNCCN1C(=O)c1cnn2ccncc12. The van der Waals surface area contributed by atoms with Gasteiger partial charge in [-0.15, -0.1) is 0 Å². The third-order valence-corrected chi connectivity index (χ3v) is 3.39. The average Bonchev–Trinajstić information content (AvgIpc) is 2.90. The normalized spacial score (nSPS) is 19.2. The number of aromatic nitrogens is 3. The molecule has 1 atom stereocenters. The van der Waals surface area contributed by atoms with Crippen LogP contribution in [0.3, 0.4) is 0 Å². The molecular weight excluding hydrogens is 260 g/mol. The highest BCUT2D eigenvalue weighted by molar-refractivity contribution is 6.02. The number of nitrogens with zero attached hydrogens (tertiary/aromatic N) is 4. The van der Waals surface area contributed by atoms with E-state index in [0.717, 1.165) is 0 Å². The molecule has 3 heterocycles. The molecule has 0 spiro atoms. The lowest BCUT2D eigenvalue weighted by atomic mass is 10.1. The number of hydrogen-bond acceptors (Lipinski definition) is 5. The van der Waals surface area contributed by atoms with Gasteiger partial charge in [-0.1, -0.05) is 0 Å². The summed E-state index contributed by atoms with van der Waals surface area (Å²) in [6.07, 6.45) is 6.31. The molecule has 20 heavy (non-hydrogen) atoms. The van der Waals surface area contributed by atoms with Crippen LogP contribution >= 0.6 is 0 Å². The summed E-state index contributed by atoms with van der Waals surface area (Å²) in [6.45, 7) is 1.44. The summed E-state index contributed by atoms with van der Waals surface area (Å²) < 4.78 is 1.57. The number of amides is 2. The van der Waals surface area contributed by atoms with Gasteiger partial charge in [-0.3, -0.25) is 14.6 Å². The summed E-state index contributed by atoms with van der Waals surface area (Å²) in [7, 11) is 0. The van der Waals surface area contributed by atoms with Crippen LogP contribution in [-0.4, -0.2) is 57.0 Å². The van der Waals surface area contributed by atoms with Gasteiger partial charge in [-0.2, -0.15) is 5.10 Å². The first kappa shape index (κ1) is 12.5. The Kier molecular flexibility index (Phi) is 3.07. The number of carbonyl (C=O) groups is 2. The molecule has 3 rings (SSSR count). The predicted octanol–water partition coefficient (Wildman–Crippen LogP) is -1.37. The zero-order chi connectivity index (χ0) is 14.1. The average molecular weight is 274 g/mol. The Morgan fingerprint density at radius 2 is 2.25 bits per heavy atom. The molecule has 1 unspecified atom stereocenters. The molecule has 8 nitrogen and oxygen atoms in total. The van der Waals surface area contributed by atoms with Crippen molar-refractivity contribution in [3.8, 4) is 0 Å². The van der Waals surface area contributed by atoms with Crippen molar-refractivity contribution in [1.29, 1.82) is 0 Å². The van der Waals surface area contributed by atoms with Crippen molar-refractivity contribution in [2.45, 2.75) is 6.04 Å². The van der Waals surface area contributed by atoms with E-state index in [2.05, 4.69) is 15.4 Å². The molecule has 1 aliphatic rings. The maximum Gasteiger partial charge on any atom is 0.258 e. The topological polar surface area (TPSA) is 106 Å². The molecule has 0 aromatic carbocycles. The Bertz CT molecular complexity index is 667. The number of nitrogens with two attached hydrogens (primary N) is 1. The fourth-order valence-electron chi connectivity index (χ4n) is 2.36. The van der Waals surface area contributed by atoms with Gasteiger partial charge in [0.25, 0.3) is 5.91 Å². The monoisotopic (exact) mass is 274 g/mol. The smallest absolute Gasteiger partial charge is 0.258 e. The van der Waals surface area contributed by atoms with Crippen molar-refractivity contribution in [2.24, 2.45) is 5.73 Å². The number of nitrogens with one attached hydrogen (secondary N) is 1. The second kappa shape index (κ2) is 4.89. The minimum absolute atomic E-state index is 0.252. The Balaban J connectivity index is 1.96. The Morgan fingerprint density at radius 1 is 1.40 bits per heavy atom. The summed E-state index contributed by atoms with van der Waals surface area (Å²) in [4.78, 5) is 29.5. The third-order valence-electron chi connectivity index (χ3n) is 3.39. The van der Waals surface area contributed by atoms with Crippen LogP contribution in [0.5, 0.6) is 0 Å². The van der Waals surface area contributed by atoms with Crippen LogP contribution in [0.4, 0.5) is 0 Å². The zero-order valence-corrected chi connectivity index (χ0v) is 10.7. The fourth-order valence-corrected chi connectivity index (χ4v) is 2.36. The first-order valence-electron chi connectivity index (χ1n) is 6.27. The van der Waals surface area contributed by atoms with E-state index in [1.807, 2.05) is 0 Å². The summed E-state index contributed by atoms with van der Waals surface area (Å²) in [5, 5.41) is 7.16. The van der Waals surface area contributed by atoms with Crippen LogP contribution in [-0.2, 0) is 4.79 Å². The van der Waals surface area contributed by atoms with Gasteiger partial charge in [-0.05, 0) is 0 Å². The highest BCUT2D eigenvalue weighted by Crippen LogP contribution is 2.15. The molecule has 1 saturated heterocycles. The molecule has 0 aliphatic carbocycles. The van der Waals surface area contributed by atoms with Gasteiger partial charge in [0.05, 0.1) is 23.5 Å². The predicted molar refractivity (Wildman–Crippen MR) is 69.9 cm³/mol. The van der Waals surface area contributed by atoms with Crippen molar-refractivity contribution in [1.82, 2.24) is 24.8 Å². The van der Waals surface area contributed by atoms with Crippen molar-refractivity contribution in [3.05, 3.63) is 30.4 Å². The standard InChI is InChI=1S/C12H14N6O2/c13-11(19)10-7-14-1-3-17(10)12(20)8-5-16-18-4-2-15-6-9(8)18/h2,4-6,10,14H,1,3,7H2,(H2,13,19). The zero-order valence-electron chi connectivity index (χ0n) is 10.7. The summed E-state index contributed by atoms with van der Waals surface area (Å²) >= 11 is 0. The summed E-state index contributed by atoms with van der Waals surface area (Å²) in [5.41, 5.74) is 6.39. The molecule has 3 N–H and O–H groups in total. The molecule has 0 bridgehead atoms. The Hall–Kier alpha value is -2.48. The maximum absolute atomic E-state index is 12.6. The molecule has 2 aromatic rings. The van der Waals surface area contributed by atoms with Crippen LogP contribution in [0, 0.1) is 0 Å². The lowest BCUT2D eigenvalue weighted by Gasteiger charge is -2.33. The van der Waals surface area contributed by atoms with Gasteiger partial charge >= 0.3 is 0 Å². The highest BCUT2D eigenvalue weighted by atomic mass is 16.2. The van der Waals surface area contributed by atoms with E-state index in [1.165, 1.54) is 11.1 Å². The minimum atomic E-state index is -0.636. The van der Waals surface area contributed by atoms with Crippen LogP contribution in [0.1, 0.15) is 10.4 Å². The molecule has 2 aromatic heterocycles. The van der Waals surface area contributed by atoms with Gasteiger partial charge in [0.1, 0.15) is 6.04 Å². The van der Waals surface area contributed by atoms with Gasteiger partial charge < -0.3 is 16.0 Å². The molecular formula is C12H14N6O2. The van der Waals surface area contributed by atoms with Crippen LogP contribution in [0.25, 0.3) is 5.52 Å². The molecule has 0 saturated carbocycles. The van der Waals surface area contributed by atoms with Crippen LogP contribution < -0.4 is 11.1 Å². The third kappa shape index (κ3) is 1.99. The van der Waals surface area contributed by atoms with Crippen molar-refractivity contribution >= 4 is 17.3 Å². The minimum Gasteiger partial charge on any atom is -0.368 e. The number of piperazine rings is 1. The van der Waals surface area contributed by atoms with E-state index < -0.39 is 11.9 Å². The van der Waals surface area contributed by atoms with Gasteiger partial charge in [-0.25, -0.2) is 4.52 Å². The number of rotatable bonds is 2. The van der Waals surface area contributed by atoms with E-state index in [1.54, 1.807) is 23.1 Å². The van der Waals surface area contributed by atoms with E-state index >= 15 is 0 Å². The van der Waals surface area contributed by atoms with E-state index in [0.29, 0.717) is 30.7 Å². The van der Waals surface area contributed by atoms with Gasteiger partial charge in [0, 0.05) is 32.0 Å². The first-order valence-corrected chi connectivity index (χ1v) is 6.27. The second-order valence-electron chi connectivity index (χ2n) is 4.59. The highest BCUT2D eigenvalue weighted by Gasteiger charge is 2.32. The quantitative estimate of drug-likeness (QED) is 0.702. The lowest BCUT2D eigenvalue weighted by molar-refractivity contribution is -0.122. The molecule has 8 heteroatoms. The van der Waals surface area contributed by atoms with Crippen molar-refractivity contribution in [3.63, 3.8) is 0 Å². The first-order chi connectivity index (χ1) is 9.68. The maximum atomic E-state index is 12.6. The summed E-state index contributed by atoms with van der Waals surface area (Å²) in [6, 6.07) is -0.636. The molecule has 2 amide bonds. The van der Waals surface area contributed by atoms with Gasteiger partial charge in [0.15, 0.2) is 0 Å². The van der Waals surface area contributed by atoms with Crippen molar-refractivity contribution in [2.75, 3.05) is 19.6 Å². The Labute approximate surface area is 114 Å². The molecule has 1 aliphatic heterocycles. The van der Waals surface area contributed by atoms with Crippen LogP contribution in [0.15, 0.2) is 24.8 Å². The number of hydrogen-bond donors (Lipinski definition) is 2. The molecule has 104 valence electrons. The second-order valence-corrected chi connectivity index (χ2v) is 4.59.